The Kier molecular flexibility index (Phi) is 3.26. The summed E-state index contributed by atoms with van der Waals surface area (Å²) in [6.07, 6.45) is 0.827. The normalized spacial score (nSPS) is 17.1. The van der Waals surface area contributed by atoms with E-state index in [1.807, 2.05) is 19.9 Å². The number of fused-ring (bicyclic) bond motifs is 2. The molecule has 0 spiro atoms. The highest BCUT2D eigenvalue weighted by Gasteiger charge is 2.30. The molecule has 1 unspecified atom stereocenters. The van der Waals surface area contributed by atoms with Crippen LogP contribution in [0.2, 0.25) is 0 Å². The van der Waals surface area contributed by atoms with Gasteiger partial charge in [-0.3, -0.25) is 9.69 Å². The first-order chi connectivity index (χ1) is 10.4. The molecule has 1 aliphatic rings. The van der Waals surface area contributed by atoms with E-state index in [-0.39, 0.29) is 22.8 Å². The molecular formula is C16H16N2O4. The number of carboxylic acid groups (broad SMARTS) is 1. The molecule has 114 valence electrons. The van der Waals surface area contributed by atoms with E-state index in [0.717, 1.165) is 10.5 Å². The molecule has 0 saturated carbocycles. The van der Waals surface area contributed by atoms with Crippen molar-refractivity contribution in [3.05, 3.63) is 45.8 Å². The molecule has 0 fully saturated rings. The molecule has 2 heterocycles. The third kappa shape index (κ3) is 2.08. The third-order valence-electron chi connectivity index (χ3n) is 3.77. The number of hydrogen-bond donors (Lipinski definition) is 2. The van der Waals surface area contributed by atoms with Gasteiger partial charge < -0.3 is 15.3 Å². The molecule has 0 radical (unpaired) electrons. The lowest BCUT2D eigenvalue weighted by atomic mass is 10.0. The van der Waals surface area contributed by atoms with Gasteiger partial charge in [-0.2, -0.15) is 0 Å². The van der Waals surface area contributed by atoms with E-state index in [1.54, 1.807) is 12.1 Å². The van der Waals surface area contributed by atoms with Crippen LogP contribution >= 0.6 is 0 Å². The summed E-state index contributed by atoms with van der Waals surface area (Å²) in [7, 11) is 0. The number of carbonyl (C=O) groups is 1. The highest BCUT2D eigenvalue weighted by Crippen LogP contribution is 2.29. The van der Waals surface area contributed by atoms with Gasteiger partial charge in [-0.15, -0.1) is 0 Å². The Morgan fingerprint density at radius 2 is 2.14 bits per heavy atom. The lowest BCUT2D eigenvalue weighted by Gasteiger charge is -2.27. The molecule has 22 heavy (non-hydrogen) atoms. The fraction of sp³-hybridized carbons (Fsp3) is 0.250. The second-order valence-electron chi connectivity index (χ2n) is 5.56. The molecule has 6 nitrogen and oxygen atoms in total. The first kappa shape index (κ1) is 14.3. The van der Waals surface area contributed by atoms with E-state index >= 15 is 0 Å². The monoisotopic (exact) mass is 300 g/mol. The Morgan fingerprint density at radius 3 is 2.77 bits per heavy atom. The van der Waals surface area contributed by atoms with Gasteiger partial charge in [0.25, 0.3) is 0 Å². The van der Waals surface area contributed by atoms with Crippen LogP contribution in [0, 0.1) is 0 Å². The fourth-order valence-corrected chi connectivity index (χ4v) is 2.56. The van der Waals surface area contributed by atoms with E-state index in [2.05, 4.69) is 0 Å². The molecule has 0 saturated heterocycles. The predicted molar refractivity (Wildman–Crippen MR) is 84.1 cm³/mol. The van der Waals surface area contributed by atoms with Crippen molar-refractivity contribution < 1.29 is 14.3 Å². The maximum atomic E-state index is 12.8. The van der Waals surface area contributed by atoms with Crippen LogP contribution in [0.4, 0.5) is 10.5 Å². The van der Waals surface area contributed by atoms with Gasteiger partial charge >= 0.3 is 6.09 Å². The lowest BCUT2D eigenvalue weighted by Crippen LogP contribution is -2.48. The minimum atomic E-state index is -1.29. The van der Waals surface area contributed by atoms with Crippen LogP contribution in [0.25, 0.3) is 17.0 Å². The number of hydrogen-bond acceptors (Lipinski definition) is 4. The van der Waals surface area contributed by atoms with E-state index in [1.165, 1.54) is 12.2 Å². The van der Waals surface area contributed by atoms with E-state index in [9.17, 15) is 14.7 Å². The summed E-state index contributed by atoms with van der Waals surface area (Å²) in [5, 5.41) is 9.69. The zero-order valence-electron chi connectivity index (χ0n) is 12.2. The van der Waals surface area contributed by atoms with Crippen LogP contribution < -0.4 is 16.1 Å². The quantitative estimate of drug-likeness (QED) is 0.844. The largest absolute Gasteiger partial charge is 0.465 e. The molecule has 1 aromatic heterocycles. The maximum Gasteiger partial charge on any atom is 0.413 e. The molecular weight excluding hydrogens is 284 g/mol. The molecule has 0 bridgehead atoms. The number of rotatable bonds is 1. The topological polar surface area (TPSA) is 96.8 Å². The van der Waals surface area contributed by atoms with Gasteiger partial charge in [0.05, 0.1) is 5.39 Å². The molecule has 1 aliphatic heterocycles. The van der Waals surface area contributed by atoms with Gasteiger partial charge in [-0.25, -0.2) is 4.79 Å². The Bertz CT molecular complexity index is 851. The molecule has 1 amide bonds. The van der Waals surface area contributed by atoms with Crippen LogP contribution in [0.3, 0.4) is 0 Å². The van der Waals surface area contributed by atoms with E-state index in [0.29, 0.717) is 11.0 Å². The van der Waals surface area contributed by atoms with Gasteiger partial charge in [-0.1, -0.05) is 19.9 Å². The van der Waals surface area contributed by atoms with Crippen molar-refractivity contribution >= 4 is 28.8 Å². The predicted octanol–water partition coefficient (Wildman–Crippen LogP) is 2.71. The lowest BCUT2D eigenvalue weighted by molar-refractivity contribution is 0.200. The van der Waals surface area contributed by atoms with Gasteiger partial charge in [-0.05, 0) is 35.8 Å². The Labute approximate surface area is 126 Å². The summed E-state index contributed by atoms with van der Waals surface area (Å²) < 4.78 is 5.68. The number of anilines is 1. The van der Waals surface area contributed by atoms with Crippen molar-refractivity contribution in [3.8, 4) is 0 Å². The van der Waals surface area contributed by atoms with Crippen molar-refractivity contribution in [1.29, 1.82) is 0 Å². The first-order valence-electron chi connectivity index (χ1n) is 6.97. The summed E-state index contributed by atoms with van der Waals surface area (Å²) in [5.41, 5.74) is 6.76. The zero-order valence-corrected chi connectivity index (χ0v) is 12.2. The maximum absolute atomic E-state index is 12.8. The average molecular weight is 300 g/mol. The van der Waals surface area contributed by atoms with Crippen molar-refractivity contribution in [2.24, 2.45) is 5.73 Å². The number of nitrogens with zero attached hydrogens (tertiary/aromatic N) is 1. The highest BCUT2D eigenvalue weighted by molar-refractivity contribution is 5.94. The number of amides is 1. The van der Waals surface area contributed by atoms with Crippen LogP contribution in [0.15, 0.2) is 33.5 Å². The SMILES string of the molecule is CC(C)c1ccc2oc3c(c(=O)c2c1)N(C(=O)O)C(N)C=C3. The van der Waals surface area contributed by atoms with Gasteiger partial charge in [0.15, 0.2) is 5.76 Å². The summed E-state index contributed by atoms with van der Waals surface area (Å²) in [6, 6.07) is 5.38. The molecule has 3 N–H and O–H groups in total. The average Bonchev–Trinajstić information content (AvgIpc) is 2.47. The minimum absolute atomic E-state index is 0.0316. The van der Waals surface area contributed by atoms with E-state index in [4.69, 9.17) is 10.2 Å². The zero-order chi connectivity index (χ0) is 16.0. The second kappa shape index (κ2) is 4.99. The van der Waals surface area contributed by atoms with Gasteiger partial charge in [0.2, 0.25) is 5.43 Å². The van der Waals surface area contributed by atoms with Crippen molar-refractivity contribution in [1.82, 2.24) is 0 Å². The molecule has 1 aromatic carbocycles. The van der Waals surface area contributed by atoms with Crippen molar-refractivity contribution in [3.63, 3.8) is 0 Å². The van der Waals surface area contributed by atoms with Crippen LogP contribution in [0.1, 0.15) is 31.1 Å². The number of nitrogens with two attached hydrogens (primary N) is 1. The highest BCUT2D eigenvalue weighted by atomic mass is 16.4. The van der Waals surface area contributed by atoms with Crippen molar-refractivity contribution in [2.45, 2.75) is 25.9 Å². The molecule has 1 atom stereocenters. The fourth-order valence-electron chi connectivity index (χ4n) is 2.56. The Hall–Kier alpha value is -2.60. The van der Waals surface area contributed by atoms with Crippen LogP contribution in [-0.4, -0.2) is 17.4 Å². The molecule has 2 aromatic rings. The van der Waals surface area contributed by atoms with Gasteiger partial charge in [0.1, 0.15) is 17.4 Å². The van der Waals surface area contributed by atoms with Gasteiger partial charge in [0, 0.05) is 0 Å². The summed E-state index contributed by atoms with van der Waals surface area (Å²) in [6.45, 7) is 4.03. The molecule has 3 rings (SSSR count). The molecule has 0 aliphatic carbocycles. The van der Waals surface area contributed by atoms with Crippen LogP contribution in [-0.2, 0) is 0 Å². The Morgan fingerprint density at radius 1 is 1.41 bits per heavy atom. The minimum Gasteiger partial charge on any atom is -0.465 e. The van der Waals surface area contributed by atoms with Crippen LogP contribution in [0.5, 0.6) is 0 Å². The number of benzene rings is 1. The van der Waals surface area contributed by atoms with E-state index < -0.39 is 12.3 Å². The smallest absolute Gasteiger partial charge is 0.413 e. The standard InChI is InChI=1S/C16H16N2O4/c1-8(2)9-3-4-11-10(7-9)15(19)14-12(22-11)5-6-13(17)18(14)16(20)21/h3-8,13H,17H2,1-2H3,(H,20,21). The third-order valence-corrected chi connectivity index (χ3v) is 3.77. The Balaban J connectivity index is 2.34. The van der Waals surface area contributed by atoms with Crippen molar-refractivity contribution in [2.75, 3.05) is 4.90 Å². The summed E-state index contributed by atoms with van der Waals surface area (Å²) >= 11 is 0. The first-order valence-corrected chi connectivity index (χ1v) is 6.97. The molecule has 6 heteroatoms. The summed E-state index contributed by atoms with van der Waals surface area (Å²) in [5.74, 6) is 0.455. The second-order valence-corrected chi connectivity index (χ2v) is 5.56. The summed E-state index contributed by atoms with van der Waals surface area (Å²) in [4.78, 5) is 25.0.